The Morgan fingerprint density at radius 3 is 2.53 bits per heavy atom. The van der Waals surface area contributed by atoms with Crippen LogP contribution in [0.2, 0.25) is 0 Å². The quantitative estimate of drug-likeness (QED) is 0.869. The average Bonchev–Trinajstić information content (AvgIpc) is 2.35. The lowest BCUT2D eigenvalue weighted by Gasteiger charge is -2.16. The third-order valence-corrected chi connectivity index (χ3v) is 2.75. The van der Waals surface area contributed by atoms with Gasteiger partial charge in [-0.25, -0.2) is 4.39 Å². The highest BCUT2D eigenvalue weighted by Crippen LogP contribution is 2.20. The normalized spacial score (nSPS) is 12.2. The third kappa shape index (κ3) is 2.81. The molecule has 1 unspecified atom stereocenters. The van der Waals surface area contributed by atoms with Gasteiger partial charge in [-0.15, -0.1) is 0 Å². The van der Waals surface area contributed by atoms with Crippen LogP contribution in [0.15, 0.2) is 42.7 Å². The van der Waals surface area contributed by atoms with Crippen molar-refractivity contribution in [3.63, 3.8) is 0 Å². The molecule has 1 aromatic carbocycles. The Bertz CT molecular complexity index is 497. The Kier molecular flexibility index (Phi) is 3.38. The van der Waals surface area contributed by atoms with Gasteiger partial charge in [0.05, 0.1) is 0 Å². The first-order chi connectivity index (χ1) is 8.16. The number of pyridine rings is 1. The molecule has 0 saturated heterocycles. The minimum Gasteiger partial charge on any atom is -0.379 e. The van der Waals surface area contributed by atoms with Crippen molar-refractivity contribution >= 4 is 5.69 Å². The van der Waals surface area contributed by atoms with Gasteiger partial charge in [0.15, 0.2) is 0 Å². The topological polar surface area (TPSA) is 24.9 Å². The van der Waals surface area contributed by atoms with Crippen LogP contribution in [0, 0.1) is 12.7 Å². The van der Waals surface area contributed by atoms with E-state index in [9.17, 15) is 4.39 Å². The summed E-state index contributed by atoms with van der Waals surface area (Å²) in [7, 11) is 0. The second-order valence-electron chi connectivity index (χ2n) is 4.11. The van der Waals surface area contributed by atoms with E-state index < -0.39 is 0 Å². The van der Waals surface area contributed by atoms with Crippen LogP contribution in [0.3, 0.4) is 0 Å². The fraction of sp³-hybridized carbons (Fsp3) is 0.214. The van der Waals surface area contributed by atoms with Crippen molar-refractivity contribution < 1.29 is 4.39 Å². The summed E-state index contributed by atoms with van der Waals surface area (Å²) in [5, 5.41) is 3.33. The Balaban J connectivity index is 2.13. The number of aromatic nitrogens is 1. The molecule has 0 amide bonds. The summed E-state index contributed by atoms with van der Waals surface area (Å²) in [6.07, 6.45) is 3.53. The maximum Gasteiger partial charge on any atom is 0.126 e. The van der Waals surface area contributed by atoms with E-state index in [2.05, 4.69) is 17.2 Å². The summed E-state index contributed by atoms with van der Waals surface area (Å²) in [5.74, 6) is -0.174. The molecule has 0 aliphatic heterocycles. The van der Waals surface area contributed by atoms with Gasteiger partial charge in [-0.2, -0.15) is 0 Å². The molecule has 0 saturated carbocycles. The third-order valence-electron chi connectivity index (χ3n) is 2.75. The molecule has 0 spiro atoms. The highest BCUT2D eigenvalue weighted by Gasteiger charge is 2.05. The number of rotatable bonds is 3. The standard InChI is InChI=1S/C14H15FN2/c1-10-9-13(3-4-14(10)15)17-11(2)12-5-7-16-8-6-12/h3-9,11,17H,1-2H3. The van der Waals surface area contributed by atoms with Crippen molar-refractivity contribution in [2.75, 3.05) is 5.32 Å². The van der Waals surface area contributed by atoms with E-state index >= 15 is 0 Å². The van der Waals surface area contributed by atoms with Crippen LogP contribution in [0.5, 0.6) is 0 Å². The predicted octanol–water partition coefficient (Wildman–Crippen LogP) is 3.70. The van der Waals surface area contributed by atoms with Gasteiger partial charge in [-0.05, 0) is 55.3 Å². The number of aryl methyl sites for hydroxylation is 1. The first kappa shape index (κ1) is 11.6. The Labute approximate surface area is 101 Å². The lowest BCUT2D eigenvalue weighted by atomic mass is 10.1. The van der Waals surface area contributed by atoms with E-state index in [-0.39, 0.29) is 11.9 Å². The minimum atomic E-state index is -0.174. The van der Waals surface area contributed by atoms with Gasteiger partial charge in [-0.1, -0.05) is 0 Å². The van der Waals surface area contributed by atoms with Crippen molar-refractivity contribution in [2.24, 2.45) is 0 Å². The van der Waals surface area contributed by atoms with Gasteiger partial charge in [0.1, 0.15) is 5.82 Å². The molecule has 1 atom stereocenters. The first-order valence-electron chi connectivity index (χ1n) is 5.59. The largest absolute Gasteiger partial charge is 0.379 e. The van der Waals surface area contributed by atoms with Gasteiger partial charge >= 0.3 is 0 Å². The minimum absolute atomic E-state index is 0.169. The summed E-state index contributed by atoms with van der Waals surface area (Å²) < 4.78 is 13.1. The van der Waals surface area contributed by atoms with Crippen LogP contribution >= 0.6 is 0 Å². The zero-order valence-corrected chi connectivity index (χ0v) is 9.94. The molecule has 0 aliphatic rings. The molecule has 0 bridgehead atoms. The SMILES string of the molecule is Cc1cc(NC(C)c2ccncc2)ccc1F. The Hall–Kier alpha value is -1.90. The van der Waals surface area contributed by atoms with Crippen molar-refractivity contribution in [1.82, 2.24) is 4.98 Å². The number of nitrogens with one attached hydrogen (secondary N) is 1. The van der Waals surface area contributed by atoms with Gasteiger partial charge in [0, 0.05) is 24.1 Å². The highest BCUT2D eigenvalue weighted by atomic mass is 19.1. The predicted molar refractivity (Wildman–Crippen MR) is 67.4 cm³/mol. The monoisotopic (exact) mass is 230 g/mol. The van der Waals surface area contributed by atoms with Crippen LogP contribution < -0.4 is 5.32 Å². The number of anilines is 1. The molecule has 2 nitrogen and oxygen atoms in total. The smallest absolute Gasteiger partial charge is 0.126 e. The van der Waals surface area contributed by atoms with Gasteiger partial charge in [0.25, 0.3) is 0 Å². The highest BCUT2D eigenvalue weighted by molar-refractivity contribution is 5.47. The van der Waals surface area contributed by atoms with E-state index in [0.717, 1.165) is 11.3 Å². The van der Waals surface area contributed by atoms with Crippen LogP contribution in [-0.4, -0.2) is 4.98 Å². The lowest BCUT2D eigenvalue weighted by Crippen LogP contribution is -2.06. The molecule has 1 heterocycles. The number of nitrogens with zero attached hydrogens (tertiary/aromatic N) is 1. The fourth-order valence-corrected chi connectivity index (χ4v) is 1.72. The molecular formula is C14H15FN2. The molecule has 2 rings (SSSR count). The Morgan fingerprint density at radius 2 is 1.88 bits per heavy atom. The molecule has 1 aromatic heterocycles. The number of benzene rings is 1. The van der Waals surface area contributed by atoms with Crippen LogP contribution in [0.25, 0.3) is 0 Å². The maximum absolute atomic E-state index is 13.1. The van der Waals surface area contributed by atoms with E-state index in [0.29, 0.717) is 5.56 Å². The molecule has 2 aromatic rings. The summed E-state index contributed by atoms with van der Waals surface area (Å²) in [6, 6.07) is 9.15. The van der Waals surface area contributed by atoms with Crippen LogP contribution in [-0.2, 0) is 0 Å². The second-order valence-corrected chi connectivity index (χ2v) is 4.11. The van der Waals surface area contributed by atoms with Crippen molar-refractivity contribution in [3.05, 3.63) is 59.7 Å². The van der Waals surface area contributed by atoms with Gasteiger partial charge < -0.3 is 5.32 Å². The van der Waals surface area contributed by atoms with Crippen LogP contribution in [0.4, 0.5) is 10.1 Å². The molecule has 0 fully saturated rings. The molecule has 3 heteroatoms. The van der Waals surface area contributed by atoms with Gasteiger partial charge in [0.2, 0.25) is 0 Å². The second kappa shape index (κ2) is 4.95. The van der Waals surface area contributed by atoms with Crippen molar-refractivity contribution in [3.8, 4) is 0 Å². The summed E-state index contributed by atoms with van der Waals surface area (Å²) >= 11 is 0. The number of halogens is 1. The molecule has 0 aliphatic carbocycles. The van der Waals surface area contributed by atoms with E-state index in [1.165, 1.54) is 6.07 Å². The fourth-order valence-electron chi connectivity index (χ4n) is 1.72. The Morgan fingerprint density at radius 1 is 1.18 bits per heavy atom. The number of hydrogen-bond acceptors (Lipinski definition) is 2. The zero-order chi connectivity index (χ0) is 12.3. The molecule has 88 valence electrons. The lowest BCUT2D eigenvalue weighted by molar-refractivity contribution is 0.618. The van der Waals surface area contributed by atoms with Crippen molar-refractivity contribution in [1.29, 1.82) is 0 Å². The van der Waals surface area contributed by atoms with Gasteiger partial charge in [-0.3, -0.25) is 4.98 Å². The maximum atomic E-state index is 13.1. The summed E-state index contributed by atoms with van der Waals surface area (Å²) in [4.78, 5) is 3.98. The molecular weight excluding hydrogens is 215 g/mol. The molecule has 0 radical (unpaired) electrons. The number of hydrogen-bond donors (Lipinski definition) is 1. The van der Waals surface area contributed by atoms with Crippen molar-refractivity contribution in [2.45, 2.75) is 19.9 Å². The first-order valence-corrected chi connectivity index (χ1v) is 5.59. The summed E-state index contributed by atoms with van der Waals surface area (Å²) in [5.41, 5.74) is 2.73. The average molecular weight is 230 g/mol. The molecule has 17 heavy (non-hydrogen) atoms. The van der Waals surface area contributed by atoms with E-state index in [4.69, 9.17) is 0 Å². The van der Waals surface area contributed by atoms with E-state index in [1.807, 2.05) is 18.2 Å². The van der Waals surface area contributed by atoms with E-state index in [1.54, 1.807) is 25.4 Å². The van der Waals surface area contributed by atoms with Crippen LogP contribution in [0.1, 0.15) is 24.1 Å². The summed E-state index contributed by atoms with van der Waals surface area (Å²) in [6.45, 7) is 3.83. The molecule has 1 N–H and O–H groups in total. The zero-order valence-electron chi connectivity index (χ0n) is 9.94.